The Labute approximate surface area is 163 Å². The van der Waals surface area contributed by atoms with Gasteiger partial charge in [-0.05, 0) is 42.7 Å². The van der Waals surface area contributed by atoms with Gasteiger partial charge in [0.05, 0.1) is 7.11 Å². The molecule has 0 saturated heterocycles. The fraction of sp³-hybridized carbons (Fsp3) is 0.364. The molecule has 1 fully saturated rings. The Morgan fingerprint density at radius 2 is 2.15 bits per heavy atom. The number of thiophene rings is 1. The maximum atomic E-state index is 5.35. The first-order valence-electron chi connectivity index (χ1n) is 9.58. The minimum Gasteiger partial charge on any atom is -0.497 e. The lowest BCUT2D eigenvalue weighted by Crippen LogP contribution is -2.30. The van der Waals surface area contributed by atoms with Crippen molar-refractivity contribution in [2.24, 2.45) is 0 Å². The molecular weight excluding hydrogens is 354 g/mol. The van der Waals surface area contributed by atoms with Crippen LogP contribution in [0.25, 0.3) is 10.4 Å². The predicted octanol–water partition coefficient (Wildman–Crippen LogP) is 4.65. The van der Waals surface area contributed by atoms with E-state index in [1.807, 2.05) is 23.5 Å². The van der Waals surface area contributed by atoms with Crippen molar-refractivity contribution in [2.45, 2.75) is 38.3 Å². The second kappa shape index (κ2) is 7.06. The van der Waals surface area contributed by atoms with Gasteiger partial charge in [0.1, 0.15) is 11.6 Å². The van der Waals surface area contributed by atoms with E-state index in [9.17, 15) is 0 Å². The highest BCUT2D eigenvalue weighted by molar-refractivity contribution is 7.15. The van der Waals surface area contributed by atoms with Crippen molar-refractivity contribution in [3.8, 4) is 16.2 Å². The molecule has 1 aromatic carbocycles. The molecule has 27 heavy (non-hydrogen) atoms. The average molecular weight is 378 g/mol. The van der Waals surface area contributed by atoms with Crippen molar-refractivity contribution in [3.63, 3.8) is 0 Å². The van der Waals surface area contributed by atoms with Gasteiger partial charge >= 0.3 is 0 Å². The lowest BCUT2D eigenvalue weighted by Gasteiger charge is -2.27. The van der Waals surface area contributed by atoms with Gasteiger partial charge in [0.2, 0.25) is 0 Å². The molecule has 2 aromatic heterocycles. The highest BCUT2D eigenvalue weighted by Gasteiger charge is 2.28. The first kappa shape index (κ1) is 16.9. The molecule has 5 rings (SSSR count). The van der Waals surface area contributed by atoms with E-state index in [-0.39, 0.29) is 0 Å². The van der Waals surface area contributed by atoms with E-state index in [1.165, 1.54) is 39.4 Å². The molecule has 1 aliphatic carbocycles. The van der Waals surface area contributed by atoms with E-state index in [0.717, 1.165) is 37.6 Å². The van der Waals surface area contributed by atoms with Crippen LogP contribution in [0.2, 0.25) is 0 Å². The summed E-state index contributed by atoms with van der Waals surface area (Å²) in [5, 5.41) is 0. The number of nitrogens with zero attached hydrogens (tertiary/aromatic N) is 3. The molecule has 138 valence electrons. The Kier molecular flexibility index (Phi) is 4.42. The number of fused-ring (bicyclic) bond motifs is 1. The van der Waals surface area contributed by atoms with Gasteiger partial charge in [-0.2, -0.15) is 0 Å². The second-order valence-corrected chi connectivity index (χ2v) is 8.60. The van der Waals surface area contributed by atoms with Crippen molar-refractivity contribution >= 4 is 11.3 Å². The predicted molar refractivity (Wildman–Crippen MR) is 108 cm³/mol. The fourth-order valence-electron chi connectivity index (χ4n) is 3.68. The third-order valence-corrected chi connectivity index (χ3v) is 6.49. The van der Waals surface area contributed by atoms with E-state index in [0.29, 0.717) is 5.92 Å². The van der Waals surface area contributed by atoms with Crippen LogP contribution in [0.3, 0.4) is 0 Å². The minimum absolute atomic E-state index is 0.634. The second-order valence-electron chi connectivity index (χ2n) is 7.43. The zero-order valence-electron chi connectivity index (χ0n) is 15.5. The van der Waals surface area contributed by atoms with Crippen LogP contribution in [0.1, 0.15) is 40.7 Å². The lowest BCUT2D eigenvalue weighted by molar-refractivity contribution is 0.244. The number of ether oxygens (including phenoxy) is 1. The first-order chi connectivity index (χ1) is 13.3. The molecule has 0 bridgehead atoms. The van der Waals surface area contributed by atoms with Crippen LogP contribution in [0, 0.1) is 0 Å². The number of hydrogen-bond donors (Lipinski definition) is 0. The monoisotopic (exact) mass is 377 g/mol. The van der Waals surface area contributed by atoms with Gasteiger partial charge in [-0.15, -0.1) is 11.3 Å². The first-order valence-corrected chi connectivity index (χ1v) is 10.4. The van der Waals surface area contributed by atoms with Crippen molar-refractivity contribution in [1.82, 2.24) is 14.9 Å². The maximum Gasteiger partial charge on any atom is 0.131 e. The number of methoxy groups -OCH3 is 1. The molecule has 1 aliphatic heterocycles. The molecule has 5 heteroatoms. The summed E-state index contributed by atoms with van der Waals surface area (Å²) in [5.74, 6) is 2.61. The molecule has 1 saturated carbocycles. The zero-order chi connectivity index (χ0) is 18.2. The third kappa shape index (κ3) is 3.62. The van der Waals surface area contributed by atoms with Gasteiger partial charge in [-0.3, -0.25) is 4.90 Å². The summed E-state index contributed by atoms with van der Waals surface area (Å²) in [4.78, 5) is 14.6. The summed E-state index contributed by atoms with van der Waals surface area (Å²) in [7, 11) is 1.71. The molecule has 0 unspecified atom stereocenters. The molecule has 0 radical (unpaired) electrons. The third-order valence-electron chi connectivity index (χ3n) is 5.37. The van der Waals surface area contributed by atoms with Crippen molar-refractivity contribution in [3.05, 3.63) is 64.6 Å². The molecule has 3 heterocycles. The SMILES string of the molecule is COc1cccc(-c2ccc(CN3CCc4nc(C5CC5)ncc4C3)s2)c1. The number of rotatable bonds is 5. The van der Waals surface area contributed by atoms with Gasteiger partial charge in [0, 0.05) is 59.2 Å². The van der Waals surface area contributed by atoms with E-state index < -0.39 is 0 Å². The van der Waals surface area contributed by atoms with Crippen LogP contribution >= 0.6 is 11.3 Å². The van der Waals surface area contributed by atoms with Crippen molar-refractivity contribution in [1.29, 1.82) is 0 Å². The Bertz CT molecular complexity index is 964. The van der Waals surface area contributed by atoms with Gasteiger partial charge in [0.25, 0.3) is 0 Å². The quantitative estimate of drug-likeness (QED) is 0.649. The van der Waals surface area contributed by atoms with Gasteiger partial charge in [0.15, 0.2) is 0 Å². The molecular formula is C22H23N3OS. The molecule has 0 atom stereocenters. The minimum atomic E-state index is 0.634. The van der Waals surface area contributed by atoms with Crippen LogP contribution < -0.4 is 4.74 Å². The van der Waals surface area contributed by atoms with Crippen LogP contribution in [0.15, 0.2) is 42.6 Å². The van der Waals surface area contributed by atoms with Gasteiger partial charge < -0.3 is 4.74 Å². The summed E-state index contributed by atoms with van der Waals surface area (Å²) in [5.41, 5.74) is 3.79. The van der Waals surface area contributed by atoms with E-state index in [1.54, 1.807) is 7.11 Å². The van der Waals surface area contributed by atoms with Gasteiger partial charge in [-0.1, -0.05) is 12.1 Å². The summed E-state index contributed by atoms with van der Waals surface area (Å²) < 4.78 is 5.35. The Morgan fingerprint density at radius 1 is 1.22 bits per heavy atom. The van der Waals surface area contributed by atoms with Crippen LogP contribution in [0.4, 0.5) is 0 Å². The lowest BCUT2D eigenvalue weighted by atomic mass is 10.1. The summed E-state index contributed by atoms with van der Waals surface area (Å²) >= 11 is 1.87. The smallest absolute Gasteiger partial charge is 0.131 e. The Hall–Kier alpha value is -2.24. The molecule has 3 aromatic rings. The van der Waals surface area contributed by atoms with Crippen LogP contribution in [0.5, 0.6) is 5.75 Å². The van der Waals surface area contributed by atoms with E-state index in [4.69, 9.17) is 9.72 Å². The molecule has 0 spiro atoms. The number of hydrogen-bond acceptors (Lipinski definition) is 5. The molecule has 2 aliphatic rings. The average Bonchev–Trinajstić information content (AvgIpc) is 3.46. The topological polar surface area (TPSA) is 38.2 Å². The molecule has 4 nitrogen and oxygen atoms in total. The Balaban J connectivity index is 1.28. The highest BCUT2D eigenvalue weighted by atomic mass is 32.1. The normalized spacial score (nSPS) is 16.9. The zero-order valence-corrected chi connectivity index (χ0v) is 16.3. The van der Waals surface area contributed by atoms with E-state index in [2.05, 4.69) is 40.3 Å². The van der Waals surface area contributed by atoms with Crippen LogP contribution in [-0.2, 0) is 19.5 Å². The molecule has 0 N–H and O–H groups in total. The van der Waals surface area contributed by atoms with Crippen molar-refractivity contribution in [2.75, 3.05) is 13.7 Å². The standard InChI is InChI=1S/C22H23N3OS/c1-26-18-4-2-3-16(11-18)21-8-7-19(27-21)14-25-10-9-20-17(13-25)12-23-22(24-20)15-5-6-15/h2-4,7-8,11-12,15H,5-6,9-10,13-14H2,1H3. The summed E-state index contributed by atoms with van der Waals surface area (Å²) in [6.45, 7) is 3.01. The maximum absolute atomic E-state index is 5.35. The molecule has 0 amide bonds. The van der Waals surface area contributed by atoms with Crippen LogP contribution in [-0.4, -0.2) is 28.5 Å². The number of aromatic nitrogens is 2. The summed E-state index contributed by atoms with van der Waals surface area (Å²) in [6, 6.07) is 12.7. The van der Waals surface area contributed by atoms with Gasteiger partial charge in [-0.25, -0.2) is 9.97 Å². The fourth-order valence-corrected chi connectivity index (χ4v) is 4.72. The number of benzene rings is 1. The largest absolute Gasteiger partial charge is 0.497 e. The highest BCUT2D eigenvalue weighted by Crippen LogP contribution is 2.38. The summed E-state index contributed by atoms with van der Waals surface area (Å²) in [6.07, 6.45) is 5.63. The Morgan fingerprint density at radius 3 is 3.00 bits per heavy atom. The van der Waals surface area contributed by atoms with Crippen molar-refractivity contribution < 1.29 is 4.74 Å². The van der Waals surface area contributed by atoms with E-state index >= 15 is 0 Å².